The van der Waals surface area contributed by atoms with Gasteiger partial charge in [-0.3, -0.25) is 19.3 Å². The molecule has 0 aliphatic carbocycles. The Kier molecular flexibility index (Phi) is 7.45. The Hall–Kier alpha value is -3.98. The van der Waals surface area contributed by atoms with Crippen molar-refractivity contribution in [3.8, 4) is 5.75 Å². The van der Waals surface area contributed by atoms with Gasteiger partial charge in [0.15, 0.2) is 0 Å². The number of fused-ring (bicyclic) bond motifs is 1. The zero-order valence-corrected chi connectivity index (χ0v) is 20.3. The molecule has 0 radical (unpaired) electrons. The summed E-state index contributed by atoms with van der Waals surface area (Å²) in [7, 11) is -1.71. The molecule has 2 atom stereocenters. The van der Waals surface area contributed by atoms with Crippen LogP contribution in [-0.4, -0.2) is 82.3 Å². The number of hydrogen-bond donors (Lipinski definition) is 4. The Morgan fingerprint density at radius 1 is 1.24 bits per heavy atom. The number of halogens is 1. The summed E-state index contributed by atoms with van der Waals surface area (Å²) in [5, 5.41) is 28.0. The van der Waals surface area contributed by atoms with E-state index in [4.69, 9.17) is 4.65 Å². The second-order valence-electron chi connectivity index (χ2n) is 8.32. The lowest BCUT2D eigenvalue weighted by molar-refractivity contribution is -0.153. The number of imide groups is 1. The van der Waals surface area contributed by atoms with Crippen molar-refractivity contribution in [2.24, 2.45) is 0 Å². The number of aromatic carboxylic acids is 1. The normalized spacial score (nSPS) is 18.1. The van der Waals surface area contributed by atoms with Gasteiger partial charge < -0.3 is 30.3 Å². The molecule has 15 heteroatoms. The van der Waals surface area contributed by atoms with Crippen LogP contribution in [0.2, 0.25) is 0 Å². The summed E-state index contributed by atoms with van der Waals surface area (Å²) >= 11 is 1.26. The molecule has 3 heterocycles. The summed E-state index contributed by atoms with van der Waals surface area (Å²) < 4.78 is 19.2. The highest BCUT2D eigenvalue weighted by Crippen LogP contribution is 2.32. The summed E-state index contributed by atoms with van der Waals surface area (Å²) in [5.41, 5.74) is -0.0841. The van der Waals surface area contributed by atoms with E-state index in [9.17, 15) is 38.5 Å². The lowest BCUT2D eigenvalue weighted by Crippen LogP contribution is -2.60. The molecule has 0 spiro atoms. The van der Waals surface area contributed by atoms with Crippen LogP contribution in [0.1, 0.15) is 34.5 Å². The number of carboxylic acids is 1. The third kappa shape index (κ3) is 5.13. The van der Waals surface area contributed by atoms with Crippen LogP contribution in [0.15, 0.2) is 29.0 Å². The number of likely N-dealkylation sites (N-methyl/N-ethyl adjacent to an activating group) is 1. The number of carbonyl (C=O) groups excluding carboxylic acids is 4. The maximum Gasteiger partial charge on any atom is 0.547 e. The second-order valence-corrected chi connectivity index (χ2v) is 9.10. The van der Waals surface area contributed by atoms with E-state index in [1.54, 1.807) is 23.8 Å². The number of nitrogens with one attached hydrogen (secondary N) is 2. The Morgan fingerprint density at radius 2 is 2.00 bits per heavy atom. The summed E-state index contributed by atoms with van der Waals surface area (Å²) in [5.74, 6) is -6.59. The van der Waals surface area contributed by atoms with Crippen molar-refractivity contribution < 1.29 is 43.1 Å². The van der Waals surface area contributed by atoms with Crippen molar-refractivity contribution in [3.05, 3.63) is 51.5 Å². The largest absolute Gasteiger partial charge is 0.547 e. The monoisotopic (exact) mass is 532 g/mol. The number of amides is 5. The fourth-order valence-electron chi connectivity index (χ4n) is 4.14. The Morgan fingerprint density at radius 3 is 2.65 bits per heavy atom. The maximum absolute atomic E-state index is 14.0. The number of urea groups is 1. The number of carboxylic acid groups (broad SMARTS) is 1. The number of hydrogen-bond acceptors (Lipinski definition) is 8. The third-order valence-electron chi connectivity index (χ3n) is 6.09. The van der Waals surface area contributed by atoms with Gasteiger partial charge in [0, 0.05) is 19.6 Å². The van der Waals surface area contributed by atoms with E-state index in [0.29, 0.717) is 12.1 Å². The van der Waals surface area contributed by atoms with Gasteiger partial charge in [0.25, 0.3) is 0 Å². The van der Waals surface area contributed by atoms with Crippen molar-refractivity contribution in [1.82, 2.24) is 20.4 Å². The van der Waals surface area contributed by atoms with E-state index in [1.807, 2.05) is 0 Å². The van der Waals surface area contributed by atoms with Crippen molar-refractivity contribution in [3.63, 3.8) is 0 Å². The first-order valence-electron chi connectivity index (χ1n) is 11.3. The molecule has 4 rings (SSSR count). The number of rotatable bonds is 6. The predicted octanol–water partition coefficient (Wildman–Crippen LogP) is 0.166. The zero-order chi connectivity index (χ0) is 26.9. The van der Waals surface area contributed by atoms with Crippen LogP contribution >= 0.6 is 11.3 Å². The highest BCUT2D eigenvalue weighted by Gasteiger charge is 2.41. The molecule has 1 aromatic carbocycles. The second kappa shape index (κ2) is 10.6. The molecule has 2 aliphatic rings. The van der Waals surface area contributed by atoms with Gasteiger partial charge in [-0.2, -0.15) is 11.3 Å². The van der Waals surface area contributed by atoms with Crippen molar-refractivity contribution in [1.29, 1.82) is 0 Å². The molecule has 0 saturated carbocycles. The molecule has 37 heavy (non-hydrogen) atoms. The lowest BCUT2D eigenvalue weighted by atomic mass is 9.72. The van der Waals surface area contributed by atoms with E-state index in [0.717, 1.165) is 11.0 Å². The highest BCUT2D eigenvalue weighted by atomic mass is 32.1. The van der Waals surface area contributed by atoms with E-state index in [2.05, 4.69) is 10.6 Å². The third-order valence-corrected chi connectivity index (χ3v) is 6.80. The average Bonchev–Trinajstić information content (AvgIpc) is 3.39. The predicted molar refractivity (Wildman–Crippen MR) is 127 cm³/mol. The van der Waals surface area contributed by atoms with Crippen LogP contribution in [0.4, 0.5) is 9.18 Å². The minimum Gasteiger partial charge on any atom is -0.534 e. The number of benzene rings is 1. The van der Waals surface area contributed by atoms with Crippen LogP contribution in [0.5, 0.6) is 5.75 Å². The van der Waals surface area contributed by atoms with Gasteiger partial charge in [-0.1, -0.05) is 6.07 Å². The summed E-state index contributed by atoms with van der Waals surface area (Å²) in [6, 6.07) is 1.60. The van der Waals surface area contributed by atoms with Crippen LogP contribution in [0.25, 0.3) is 0 Å². The number of thiophene rings is 1. The van der Waals surface area contributed by atoms with Gasteiger partial charge in [0.05, 0.1) is 5.94 Å². The molecule has 12 nitrogen and oxygen atoms in total. The Balaban J connectivity index is 1.51. The Labute approximate surface area is 214 Å². The van der Waals surface area contributed by atoms with E-state index in [1.165, 1.54) is 22.3 Å². The van der Waals surface area contributed by atoms with E-state index >= 15 is 0 Å². The van der Waals surface area contributed by atoms with Gasteiger partial charge in [-0.15, -0.1) is 0 Å². The van der Waals surface area contributed by atoms with Crippen molar-refractivity contribution >= 4 is 48.2 Å². The van der Waals surface area contributed by atoms with Gasteiger partial charge in [0.2, 0.25) is 5.91 Å². The molecular weight excluding hydrogens is 510 g/mol. The Bertz CT molecular complexity index is 1260. The van der Waals surface area contributed by atoms with Crippen LogP contribution < -0.4 is 15.3 Å². The molecule has 2 aliphatic heterocycles. The molecule has 1 fully saturated rings. The quantitative estimate of drug-likeness (QED) is 0.302. The fourth-order valence-corrected chi connectivity index (χ4v) is 4.82. The minimum absolute atomic E-state index is 0.0450. The SMILES string of the molecule is CCN1CCN(C(=O)NC(C(=O)NC2Cc3ccc(F)c(C(=O)O)c3OB2O)c2ccsc2)C(=O)C1=O. The molecular formula is C22H22BFN4O8S. The first-order chi connectivity index (χ1) is 17.6. The molecule has 1 aromatic heterocycles. The average molecular weight is 532 g/mol. The number of piperazine rings is 1. The molecule has 4 N–H and O–H groups in total. The van der Waals surface area contributed by atoms with Gasteiger partial charge >= 0.3 is 30.9 Å². The van der Waals surface area contributed by atoms with Gasteiger partial charge in [-0.05, 0) is 47.4 Å². The topological polar surface area (TPSA) is 166 Å². The smallest absolute Gasteiger partial charge is 0.534 e. The molecule has 0 bridgehead atoms. The molecule has 2 unspecified atom stereocenters. The summed E-state index contributed by atoms with van der Waals surface area (Å²) in [4.78, 5) is 64.2. The summed E-state index contributed by atoms with van der Waals surface area (Å²) in [6.45, 7) is 2.14. The van der Waals surface area contributed by atoms with Crippen LogP contribution in [0.3, 0.4) is 0 Å². The first-order valence-corrected chi connectivity index (χ1v) is 12.2. The standard InChI is InChI=1S/C22H22BFN4O8S/c1-2-27-6-7-28(20(31)19(27)30)22(34)26-16(12-5-8-37-10-12)18(29)25-14-9-11-3-4-13(24)15(21(32)33)17(11)36-23(14)35/h3-5,8,10,14,16,35H,2,6-7,9H2,1H3,(H,25,29)(H,26,34)(H,32,33). The van der Waals surface area contributed by atoms with Gasteiger partial charge in [0.1, 0.15) is 23.2 Å². The molecule has 2 aromatic rings. The summed E-state index contributed by atoms with van der Waals surface area (Å²) in [6.07, 6.45) is -0.0843. The first kappa shape index (κ1) is 26.1. The van der Waals surface area contributed by atoms with E-state index < -0.39 is 60.2 Å². The molecule has 194 valence electrons. The fraction of sp³-hybridized carbons (Fsp3) is 0.318. The number of carbonyl (C=O) groups is 5. The number of nitrogens with zero attached hydrogens (tertiary/aromatic N) is 2. The lowest BCUT2D eigenvalue weighted by Gasteiger charge is -2.33. The maximum atomic E-state index is 14.0. The van der Waals surface area contributed by atoms with Crippen LogP contribution in [0, 0.1) is 5.82 Å². The highest BCUT2D eigenvalue weighted by molar-refractivity contribution is 7.08. The molecule has 1 saturated heterocycles. The van der Waals surface area contributed by atoms with E-state index in [-0.39, 0.29) is 30.8 Å². The van der Waals surface area contributed by atoms with Crippen LogP contribution in [-0.2, 0) is 20.8 Å². The zero-order valence-electron chi connectivity index (χ0n) is 19.5. The molecule has 5 amide bonds. The van der Waals surface area contributed by atoms with Crippen molar-refractivity contribution in [2.45, 2.75) is 25.3 Å². The van der Waals surface area contributed by atoms with Crippen molar-refractivity contribution in [2.75, 3.05) is 19.6 Å². The minimum atomic E-state index is -1.71. The van der Waals surface area contributed by atoms with Gasteiger partial charge in [-0.25, -0.2) is 14.0 Å².